The molecule has 1 aromatic heterocycles. The van der Waals surface area contributed by atoms with Crippen molar-refractivity contribution in [3.05, 3.63) is 30.2 Å². The Hall–Kier alpha value is -2.24. The number of carbonyl (C=O) groups excluding carboxylic acids is 1. The van der Waals surface area contributed by atoms with Crippen LogP contribution in [0.5, 0.6) is 0 Å². The first kappa shape index (κ1) is 13.2. The van der Waals surface area contributed by atoms with E-state index in [0.29, 0.717) is 13.1 Å². The molecule has 102 valence electrons. The Morgan fingerprint density at radius 2 is 2.32 bits per heavy atom. The van der Waals surface area contributed by atoms with Gasteiger partial charge in [-0.2, -0.15) is 0 Å². The van der Waals surface area contributed by atoms with E-state index in [1.54, 1.807) is 11.2 Å². The number of hydrogen-bond acceptors (Lipinski definition) is 3. The van der Waals surface area contributed by atoms with Crippen molar-refractivity contribution in [2.45, 2.75) is 12.8 Å². The summed E-state index contributed by atoms with van der Waals surface area (Å²) in [5.74, 6) is -0.154. The van der Waals surface area contributed by atoms with Gasteiger partial charge in [0.15, 0.2) is 0 Å². The number of aliphatic carboxylic acids is 1. The Bertz CT molecular complexity index is 479. The van der Waals surface area contributed by atoms with Crippen LogP contribution in [0.1, 0.15) is 18.6 Å². The molecule has 0 atom stereocenters. The SMILES string of the molecule is O=C(O)CCNC(=O)N1CCC=C(c2ccco2)C1. The fourth-order valence-corrected chi connectivity index (χ4v) is 1.95. The van der Waals surface area contributed by atoms with E-state index in [2.05, 4.69) is 11.4 Å². The van der Waals surface area contributed by atoms with Crippen LogP contribution in [0.2, 0.25) is 0 Å². The fourth-order valence-electron chi connectivity index (χ4n) is 1.95. The van der Waals surface area contributed by atoms with Crippen molar-refractivity contribution in [3.63, 3.8) is 0 Å². The first-order valence-electron chi connectivity index (χ1n) is 6.14. The number of carboxylic acids is 1. The van der Waals surface area contributed by atoms with Gasteiger partial charge in [0.25, 0.3) is 0 Å². The Morgan fingerprint density at radius 3 is 3.00 bits per heavy atom. The molecule has 0 spiro atoms. The van der Waals surface area contributed by atoms with Gasteiger partial charge < -0.3 is 19.7 Å². The molecule has 0 radical (unpaired) electrons. The lowest BCUT2D eigenvalue weighted by atomic mass is 10.1. The van der Waals surface area contributed by atoms with Crippen LogP contribution in [0.3, 0.4) is 0 Å². The van der Waals surface area contributed by atoms with Crippen LogP contribution in [0, 0.1) is 0 Å². The van der Waals surface area contributed by atoms with Crippen LogP contribution < -0.4 is 5.32 Å². The molecule has 1 aliphatic heterocycles. The highest BCUT2D eigenvalue weighted by Gasteiger charge is 2.19. The molecule has 0 aromatic carbocycles. The lowest BCUT2D eigenvalue weighted by Crippen LogP contribution is -2.43. The number of carbonyl (C=O) groups is 2. The third-order valence-corrected chi connectivity index (χ3v) is 2.89. The van der Waals surface area contributed by atoms with Gasteiger partial charge in [-0.1, -0.05) is 6.08 Å². The smallest absolute Gasteiger partial charge is 0.317 e. The minimum Gasteiger partial charge on any atom is -0.481 e. The molecule has 0 bridgehead atoms. The number of carboxylic acid groups (broad SMARTS) is 1. The third kappa shape index (κ3) is 3.61. The van der Waals surface area contributed by atoms with Crippen LogP contribution in [0.25, 0.3) is 5.57 Å². The van der Waals surface area contributed by atoms with Crippen LogP contribution in [-0.2, 0) is 4.79 Å². The molecule has 1 aromatic rings. The summed E-state index contributed by atoms with van der Waals surface area (Å²) >= 11 is 0. The summed E-state index contributed by atoms with van der Waals surface area (Å²) < 4.78 is 5.31. The average molecular weight is 264 g/mol. The number of nitrogens with zero attached hydrogens (tertiary/aromatic N) is 1. The molecule has 0 fully saturated rings. The quantitative estimate of drug-likeness (QED) is 0.864. The second-order valence-electron chi connectivity index (χ2n) is 4.29. The largest absolute Gasteiger partial charge is 0.481 e. The van der Waals surface area contributed by atoms with Gasteiger partial charge in [-0.3, -0.25) is 4.79 Å². The summed E-state index contributed by atoms with van der Waals surface area (Å²) in [6, 6.07) is 3.43. The number of urea groups is 1. The van der Waals surface area contributed by atoms with Crippen molar-refractivity contribution in [3.8, 4) is 0 Å². The average Bonchev–Trinajstić information content (AvgIpc) is 2.92. The standard InChI is InChI=1S/C13H16N2O4/c16-12(17)5-6-14-13(18)15-7-1-3-10(9-15)11-4-2-8-19-11/h2-4,8H,1,5-7,9H2,(H,14,18)(H,16,17). The van der Waals surface area contributed by atoms with Gasteiger partial charge in [0.05, 0.1) is 19.2 Å². The minimum atomic E-state index is -0.921. The van der Waals surface area contributed by atoms with E-state index in [9.17, 15) is 9.59 Å². The van der Waals surface area contributed by atoms with E-state index in [0.717, 1.165) is 17.8 Å². The molecule has 6 nitrogen and oxygen atoms in total. The van der Waals surface area contributed by atoms with Gasteiger partial charge in [-0.05, 0) is 18.6 Å². The summed E-state index contributed by atoms with van der Waals surface area (Å²) in [6.07, 6.45) is 4.35. The van der Waals surface area contributed by atoms with Crippen molar-refractivity contribution in [1.82, 2.24) is 10.2 Å². The Balaban J connectivity index is 1.87. The van der Waals surface area contributed by atoms with E-state index in [-0.39, 0.29) is 19.0 Å². The maximum Gasteiger partial charge on any atom is 0.317 e. The molecule has 6 heteroatoms. The highest BCUT2D eigenvalue weighted by Crippen LogP contribution is 2.20. The van der Waals surface area contributed by atoms with E-state index >= 15 is 0 Å². The van der Waals surface area contributed by atoms with Gasteiger partial charge in [-0.25, -0.2) is 4.79 Å². The van der Waals surface area contributed by atoms with Gasteiger partial charge in [0.1, 0.15) is 5.76 Å². The lowest BCUT2D eigenvalue weighted by molar-refractivity contribution is -0.136. The number of hydrogen-bond donors (Lipinski definition) is 2. The van der Waals surface area contributed by atoms with Crippen LogP contribution in [0.4, 0.5) is 4.79 Å². The molecule has 0 saturated heterocycles. The normalized spacial score (nSPS) is 14.9. The number of rotatable bonds is 4. The van der Waals surface area contributed by atoms with E-state index in [1.165, 1.54) is 0 Å². The molecular weight excluding hydrogens is 248 g/mol. The molecule has 19 heavy (non-hydrogen) atoms. The van der Waals surface area contributed by atoms with Crippen molar-refractivity contribution >= 4 is 17.6 Å². The van der Waals surface area contributed by atoms with Crippen LogP contribution in [0.15, 0.2) is 28.9 Å². The van der Waals surface area contributed by atoms with Crippen LogP contribution >= 0.6 is 0 Å². The van der Waals surface area contributed by atoms with Gasteiger partial charge in [-0.15, -0.1) is 0 Å². The minimum absolute atomic E-state index is 0.0690. The molecule has 0 aliphatic carbocycles. The second kappa shape index (κ2) is 6.08. The van der Waals surface area contributed by atoms with Gasteiger partial charge in [0, 0.05) is 18.7 Å². The topological polar surface area (TPSA) is 82.8 Å². The first-order valence-corrected chi connectivity index (χ1v) is 6.14. The summed E-state index contributed by atoms with van der Waals surface area (Å²) in [6.45, 7) is 1.25. The van der Waals surface area contributed by atoms with E-state index < -0.39 is 5.97 Å². The molecule has 2 amide bonds. The molecule has 2 N–H and O–H groups in total. The van der Waals surface area contributed by atoms with Crippen molar-refractivity contribution < 1.29 is 19.1 Å². The van der Waals surface area contributed by atoms with Crippen molar-refractivity contribution in [1.29, 1.82) is 0 Å². The zero-order valence-corrected chi connectivity index (χ0v) is 10.5. The summed E-state index contributed by atoms with van der Waals surface area (Å²) in [5, 5.41) is 11.1. The molecule has 0 unspecified atom stereocenters. The fraction of sp³-hybridized carbons (Fsp3) is 0.385. The van der Waals surface area contributed by atoms with Crippen LogP contribution in [-0.4, -0.2) is 41.6 Å². The predicted octanol–water partition coefficient (Wildman–Crippen LogP) is 1.55. The lowest BCUT2D eigenvalue weighted by Gasteiger charge is -2.26. The first-order chi connectivity index (χ1) is 9.16. The maximum atomic E-state index is 11.9. The number of amides is 2. The Kier molecular flexibility index (Phi) is 4.22. The molecule has 2 heterocycles. The van der Waals surface area contributed by atoms with Crippen molar-refractivity contribution in [2.75, 3.05) is 19.6 Å². The molecular formula is C13H16N2O4. The number of nitrogens with one attached hydrogen (secondary N) is 1. The number of furan rings is 1. The molecule has 2 rings (SSSR count). The zero-order valence-electron chi connectivity index (χ0n) is 10.5. The van der Waals surface area contributed by atoms with Crippen molar-refractivity contribution in [2.24, 2.45) is 0 Å². The highest BCUT2D eigenvalue weighted by molar-refractivity contribution is 5.78. The van der Waals surface area contributed by atoms with Gasteiger partial charge in [0.2, 0.25) is 0 Å². The van der Waals surface area contributed by atoms with E-state index in [1.807, 2.05) is 12.1 Å². The summed E-state index contributed by atoms with van der Waals surface area (Å²) in [4.78, 5) is 23.9. The third-order valence-electron chi connectivity index (χ3n) is 2.89. The predicted molar refractivity (Wildman–Crippen MR) is 68.5 cm³/mol. The monoisotopic (exact) mass is 264 g/mol. The Morgan fingerprint density at radius 1 is 1.47 bits per heavy atom. The summed E-state index contributed by atoms with van der Waals surface area (Å²) in [7, 11) is 0. The molecule has 0 saturated carbocycles. The second-order valence-corrected chi connectivity index (χ2v) is 4.29. The zero-order chi connectivity index (χ0) is 13.7. The summed E-state index contributed by atoms with van der Waals surface area (Å²) in [5.41, 5.74) is 0.977. The molecule has 1 aliphatic rings. The Labute approximate surface area is 110 Å². The maximum absolute atomic E-state index is 11.9. The van der Waals surface area contributed by atoms with Gasteiger partial charge >= 0.3 is 12.0 Å². The van der Waals surface area contributed by atoms with E-state index in [4.69, 9.17) is 9.52 Å². The highest BCUT2D eigenvalue weighted by atomic mass is 16.4.